The Bertz CT molecular complexity index is 1100. The monoisotopic (exact) mass is 350 g/mol. The molecule has 3 aromatic heterocycles. The quantitative estimate of drug-likeness (QED) is 0.526. The summed E-state index contributed by atoms with van der Waals surface area (Å²) in [6.07, 6.45) is 1.70. The van der Waals surface area contributed by atoms with Crippen LogP contribution < -0.4 is 5.56 Å². The lowest BCUT2D eigenvalue weighted by atomic mass is 10.1. The summed E-state index contributed by atoms with van der Waals surface area (Å²) >= 11 is 1.36. The molecule has 0 aliphatic heterocycles. The molecule has 0 unspecified atom stereocenters. The zero-order chi connectivity index (χ0) is 17.2. The maximum Gasteiger partial charge on any atom is 0.277 e. The minimum Gasteiger partial charge on any atom is -0.411 e. The molecule has 7 heteroatoms. The van der Waals surface area contributed by atoms with E-state index in [4.69, 9.17) is 4.42 Å². The third-order valence-electron chi connectivity index (χ3n) is 3.64. The van der Waals surface area contributed by atoms with Gasteiger partial charge in [0.1, 0.15) is 5.65 Å². The van der Waals surface area contributed by atoms with Crippen LogP contribution in [0.1, 0.15) is 11.3 Å². The molecule has 0 saturated heterocycles. The number of hydrogen-bond donors (Lipinski definition) is 0. The molecule has 4 aromatic rings. The summed E-state index contributed by atoms with van der Waals surface area (Å²) in [5.41, 5.74) is 3.22. The van der Waals surface area contributed by atoms with Crippen LogP contribution in [0.25, 0.3) is 17.1 Å². The Morgan fingerprint density at radius 2 is 2.04 bits per heavy atom. The van der Waals surface area contributed by atoms with Crippen molar-refractivity contribution in [1.82, 2.24) is 19.6 Å². The summed E-state index contributed by atoms with van der Waals surface area (Å²) in [4.78, 5) is 16.6. The van der Waals surface area contributed by atoms with Gasteiger partial charge in [0.15, 0.2) is 0 Å². The molecule has 25 heavy (non-hydrogen) atoms. The first-order chi connectivity index (χ1) is 12.2. The molecule has 0 saturated carbocycles. The van der Waals surface area contributed by atoms with Crippen LogP contribution in [0.15, 0.2) is 69.2 Å². The molecule has 0 fully saturated rings. The van der Waals surface area contributed by atoms with E-state index in [-0.39, 0.29) is 5.56 Å². The van der Waals surface area contributed by atoms with Gasteiger partial charge in [-0.1, -0.05) is 35.5 Å². The van der Waals surface area contributed by atoms with Gasteiger partial charge in [0.25, 0.3) is 10.8 Å². The van der Waals surface area contributed by atoms with Gasteiger partial charge < -0.3 is 4.42 Å². The van der Waals surface area contributed by atoms with Crippen molar-refractivity contribution < 1.29 is 4.42 Å². The van der Waals surface area contributed by atoms with Crippen LogP contribution >= 0.6 is 11.8 Å². The third-order valence-corrected chi connectivity index (χ3v) is 4.49. The van der Waals surface area contributed by atoms with Crippen LogP contribution in [0.4, 0.5) is 0 Å². The molecule has 0 N–H and O–H groups in total. The zero-order valence-corrected chi connectivity index (χ0v) is 14.2. The van der Waals surface area contributed by atoms with Crippen molar-refractivity contribution in [3.63, 3.8) is 0 Å². The summed E-state index contributed by atoms with van der Waals surface area (Å²) in [6.45, 7) is 2.01. The van der Waals surface area contributed by atoms with Crippen molar-refractivity contribution in [2.45, 2.75) is 17.9 Å². The second-order valence-electron chi connectivity index (χ2n) is 5.55. The smallest absolute Gasteiger partial charge is 0.277 e. The Morgan fingerprint density at radius 1 is 1.12 bits per heavy atom. The number of aryl methyl sites for hydroxylation is 1. The molecular weight excluding hydrogens is 336 g/mol. The van der Waals surface area contributed by atoms with Crippen molar-refractivity contribution in [2.24, 2.45) is 0 Å². The van der Waals surface area contributed by atoms with E-state index in [1.165, 1.54) is 22.2 Å². The standard InChI is InChI=1S/C18H14N4O2S/c1-12-5-4-6-13(9-12)17-20-21-18(24-17)25-11-14-10-16(23)22-8-3-2-7-15(22)19-14/h2-10H,11H2,1H3. The number of hydrogen-bond acceptors (Lipinski definition) is 6. The minimum atomic E-state index is -0.104. The maximum atomic E-state index is 12.1. The molecule has 0 spiro atoms. The highest BCUT2D eigenvalue weighted by atomic mass is 32.2. The van der Waals surface area contributed by atoms with Gasteiger partial charge in [0.2, 0.25) is 5.89 Å². The van der Waals surface area contributed by atoms with Gasteiger partial charge in [-0.25, -0.2) is 4.98 Å². The number of rotatable bonds is 4. The summed E-state index contributed by atoms with van der Waals surface area (Å²) < 4.78 is 7.20. The van der Waals surface area contributed by atoms with E-state index in [1.54, 1.807) is 18.3 Å². The van der Waals surface area contributed by atoms with Crippen LogP contribution in [-0.2, 0) is 5.75 Å². The third kappa shape index (κ3) is 3.32. The summed E-state index contributed by atoms with van der Waals surface area (Å²) in [7, 11) is 0. The second-order valence-corrected chi connectivity index (χ2v) is 6.47. The Hall–Kier alpha value is -2.93. The van der Waals surface area contributed by atoms with Crippen molar-refractivity contribution >= 4 is 17.4 Å². The van der Waals surface area contributed by atoms with Crippen molar-refractivity contribution in [3.8, 4) is 11.5 Å². The molecule has 3 heterocycles. The van der Waals surface area contributed by atoms with E-state index in [2.05, 4.69) is 15.2 Å². The second kappa shape index (κ2) is 6.52. The fourth-order valence-corrected chi connectivity index (χ4v) is 3.13. The fourth-order valence-electron chi connectivity index (χ4n) is 2.48. The van der Waals surface area contributed by atoms with Crippen LogP contribution in [0.2, 0.25) is 0 Å². The van der Waals surface area contributed by atoms with Gasteiger partial charge in [0.05, 0.1) is 5.69 Å². The number of thioether (sulfide) groups is 1. The molecule has 0 amide bonds. The van der Waals surface area contributed by atoms with E-state index >= 15 is 0 Å². The highest BCUT2D eigenvalue weighted by molar-refractivity contribution is 7.98. The van der Waals surface area contributed by atoms with Crippen molar-refractivity contribution in [2.75, 3.05) is 0 Å². The number of pyridine rings is 1. The van der Waals surface area contributed by atoms with E-state index in [0.717, 1.165) is 11.1 Å². The largest absolute Gasteiger partial charge is 0.411 e. The Balaban J connectivity index is 1.53. The number of aromatic nitrogens is 4. The highest BCUT2D eigenvalue weighted by Crippen LogP contribution is 2.25. The van der Waals surface area contributed by atoms with Gasteiger partial charge in [-0.2, -0.15) is 0 Å². The predicted molar refractivity (Wildman–Crippen MR) is 95.5 cm³/mol. The number of nitrogens with zero attached hydrogens (tertiary/aromatic N) is 4. The predicted octanol–water partition coefficient (Wildman–Crippen LogP) is 3.35. The molecule has 0 atom stereocenters. The normalized spacial score (nSPS) is 11.1. The first-order valence-corrected chi connectivity index (χ1v) is 8.68. The average Bonchev–Trinajstić information content (AvgIpc) is 3.09. The van der Waals surface area contributed by atoms with Gasteiger partial charge in [-0.15, -0.1) is 10.2 Å². The molecule has 0 aliphatic carbocycles. The molecule has 1 aromatic carbocycles. The summed E-state index contributed by atoms with van der Waals surface area (Å²) in [6, 6.07) is 14.9. The van der Waals surface area contributed by atoms with Crippen LogP contribution in [0.5, 0.6) is 0 Å². The van der Waals surface area contributed by atoms with E-state index in [9.17, 15) is 4.79 Å². The number of benzene rings is 1. The first kappa shape index (κ1) is 15.6. The fraction of sp³-hybridized carbons (Fsp3) is 0.111. The van der Waals surface area contributed by atoms with E-state index < -0.39 is 0 Å². The molecule has 0 aliphatic rings. The van der Waals surface area contributed by atoms with Crippen molar-refractivity contribution in [3.05, 3.63) is 76.3 Å². The van der Waals surface area contributed by atoms with Gasteiger partial charge in [-0.3, -0.25) is 9.20 Å². The highest BCUT2D eigenvalue weighted by Gasteiger charge is 2.10. The lowest BCUT2D eigenvalue weighted by Crippen LogP contribution is -2.14. The van der Waals surface area contributed by atoms with Crippen molar-refractivity contribution in [1.29, 1.82) is 0 Å². The lowest BCUT2D eigenvalue weighted by Gasteiger charge is -2.02. The van der Waals surface area contributed by atoms with Crippen LogP contribution in [0.3, 0.4) is 0 Å². The Kier molecular flexibility index (Phi) is 4.07. The minimum absolute atomic E-state index is 0.104. The SMILES string of the molecule is Cc1cccc(-c2nnc(SCc3cc(=O)n4ccccc4n3)o2)c1. The zero-order valence-electron chi connectivity index (χ0n) is 13.4. The molecule has 6 nitrogen and oxygen atoms in total. The van der Waals surface area contributed by atoms with E-state index in [0.29, 0.717) is 28.2 Å². The van der Waals surface area contributed by atoms with Gasteiger partial charge in [0, 0.05) is 23.6 Å². The average molecular weight is 350 g/mol. The van der Waals surface area contributed by atoms with Crippen LogP contribution in [0, 0.1) is 6.92 Å². The lowest BCUT2D eigenvalue weighted by molar-refractivity contribution is 0.465. The topological polar surface area (TPSA) is 73.3 Å². The molecule has 4 rings (SSSR count). The summed E-state index contributed by atoms with van der Waals surface area (Å²) in [5, 5.41) is 8.59. The first-order valence-electron chi connectivity index (χ1n) is 7.70. The van der Waals surface area contributed by atoms with Gasteiger partial charge in [-0.05, 0) is 31.2 Å². The molecular formula is C18H14N4O2S. The Labute approximate surface area is 147 Å². The van der Waals surface area contributed by atoms with Gasteiger partial charge >= 0.3 is 0 Å². The molecule has 0 radical (unpaired) electrons. The number of fused-ring (bicyclic) bond motifs is 1. The summed E-state index contributed by atoms with van der Waals surface area (Å²) in [5.74, 6) is 0.966. The Morgan fingerprint density at radius 3 is 2.92 bits per heavy atom. The van der Waals surface area contributed by atoms with Crippen LogP contribution in [-0.4, -0.2) is 19.6 Å². The molecule has 124 valence electrons. The molecule has 0 bridgehead atoms. The maximum absolute atomic E-state index is 12.1. The van der Waals surface area contributed by atoms with E-state index in [1.807, 2.05) is 37.3 Å².